The molecule has 3 rings (SSSR count). The number of pyridine rings is 1. The molecule has 0 spiro atoms. The zero-order chi connectivity index (χ0) is 16.8. The summed E-state index contributed by atoms with van der Waals surface area (Å²) in [6.07, 6.45) is 1.93. The van der Waals surface area contributed by atoms with Crippen LogP contribution in [-0.4, -0.2) is 10.9 Å². The maximum absolute atomic E-state index is 8.99. The molecular weight excluding hydrogens is 298 g/mol. The van der Waals surface area contributed by atoms with Crippen LogP contribution in [0.4, 0.5) is 5.69 Å². The van der Waals surface area contributed by atoms with Crippen molar-refractivity contribution in [3.63, 3.8) is 0 Å². The molecule has 118 valence electrons. The minimum absolute atomic E-state index is 0.414. The summed E-state index contributed by atoms with van der Waals surface area (Å²) in [7, 11) is 0. The predicted octanol–water partition coefficient (Wildman–Crippen LogP) is 3.58. The minimum atomic E-state index is 0.414. The molecule has 24 heavy (non-hydrogen) atoms. The van der Waals surface area contributed by atoms with E-state index in [0.29, 0.717) is 12.5 Å². The third kappa shape index (κ3) is 3.68. The summed E-state index contributed by atoms with van der Waals surface area (Å²) >= 11 is 0. The van der Waals surface area contributed by atoms with Gasteiger partial charge in [-0.3, -0.25) is 10.3 Å². The number of guanidine groups is 1. The number of benzene rings is 2. The smallest absolute Gasteiger partial charge is 0.209 e. The number of hydrogen-bond acceptors (Lipinski definition) is 3. The number of aromatic nitrogens is 1. The Morgan fingerprint density at radius 3 is 2.67 bits per heavy atom. The van der Waals surface area contributed by atoms with Crippen LogP contribution in [0.5, 0.6) is 0 Å². The molecule has 2 aromatic carbocycles. The van der Waals surface area contributed by atoms with Gasteiger partial charge in [0.1, 0.15) is 0 Å². The molecule has 0 bridgehead atoms. The third-order valence-electron chi connectivity index (χ3n) is 3.53. The van der Waals surface area contributed by atoms with Gasteiger partial charge in [0.25, 0.3) is 0 Å². The molecule has 1 heterocycles. The number of hydrogen-bond donors (Lipinski definition) is 2. The highest BCUT2D eigenvalue weighted by molar-refractivity contribution is 6.02. The van der Waals surface area contributed by atoms with E-state index in [9.17, 15) is 0 Å². The molecule has 0 radical (unpaired) electrons. The van der Waals surface area contributed by atoms with Crippen molar-refractivity contribution < 1.29 is 0 Å². The maximum Gasteiger partial charge on any atom is 0.209 e. The van der Waals surface area contributed by atoms with E-state index >= 15 is 0 Å². The maximum atomic E-state index is 8.99. The molecule has 0 aliphatic rings. The van der Waals surface area contributed by atoms with Crippen molar-refractivity contribution in [3.05, 3.63) is 71.9 Å². The van der Waals surface area contributed by atoms with E-state index in [0.717, 1.165) is 27.8 Å². The van der Waals surface area contributed by atoms with Gasteiger partial charge in [0.2, 0.25) is 5.96 Å². The van der Waals surface area contributed by atoms with Gasteiger partial charge in [-0.2, -0.15) is 5.26 Å². The summed E-state index contributed by atoms with van der Waals surface area (Å²) < 4.78 is 0. The second-order valence-electron chi connectivity index (χ2n) is 5.34. The number of fused-ring (bicyclic) bond motifs is 1. The highest BCUT2D eigenvalue weighted by Crippen LogP contribution is 2.22. The van der Waals surface area contributed by atoms with Crippen LogP contribution in [0.1, 0.15) is 11.3 Å². The number of nitrogens with one attached hydrogen (secondary N) is 2. The fraction of sp³-hybridized carbons (Fsp3) is 0.105. The van der Waals surface area contributed by atoms with Crippen molar-refractivity contribution in [2.24, 2.45) is 4.99 Å². The number of nitriles is 1. The fourth-order valence-corrected chi connectivity index (χ4v) is 2.46. The molecule has 0 amide bonds. The van der Waals surface area contributed by atoms with Gasteiger partial charge in [-0.15, -0.1) is 0 Å². The molecule has 0 atom stereocenters. The van der Waals surface area contributed by atoms with Crippen LogP contribution in [0.15, 0.2) is 65.7 Å². The SMILES string of the molecule is Cc1cc(NC(=NCc2ccccc2)NC#N)c2ccccc2n1. The molecule has 3 aromatic rings. The topological polar surface area (TPSA) is 73.1 Å². The first-order valence-electron chi connectivity index (χ1n) is 7.63. The summed E-state index contributed by atoms with van der Waals surface area (Å²) in [6.45, 7) is 2.43. The van der Waals surface area contributed by atoms with E-state index in [2.05, 4.69) is 20.6 Å². The Bertz CT molecular complexity index is 910. The summed E-state index contributed by atoms with van der Waals surface area (Å²) in [5, 5.41) is 15.8. The highest BCUT2D eigenvalue weighted by Gasteiger charge is 2.06. The van der Waals surface area contributed by atoms with Crippen molar-refractivity contribution in [2.45, 2.75) is 13.5 Å². The first-order chi connectivity index (χ1) is 11.8. The Hall–Kier alpha value is -3.39. The fourth-order valence-electron chi connectivity index (χ4n) is 2.46. The molecule has 0 saturated heterocycles. The Morgan fingerprint density at radius 2 is 1.88 bits per heavy atom. The lowest BCUT2D eigenvalue weighted by atomic mass is 10.1. The molecule has 0 aliphatic carbocycles. The van der Waals surface area contributed by atoms with Crippen LogP contribution in [0.3, 0.4) is 0 Å². The van der Waals surface area contributed by atoms with Crippen LogP contribution in [0.25, 0.3) is 10.9 Å². The molecular formula is C19H17N5. The van der Waals surface area contributed by atoms with Gasteiger partial charge < -0.3 is 5.32 Å². The van der Waals surface area contributed by atoms with E-state index in [1.165, 1.54) is 0 Å². The number of rotatable bonds is 3. The highest BCUT2D eigenvalue weighted by atomic mass is 15.2. The summed E-state index contributed by atoms with van der Waals surface area (Å²) in [6, 6.07) is 19.7. The summed E-state index contributed by atoms with van der Waals surface area (Å²) in [5.74, 6) is 0.414. The molecule has 0 unspecified atom stereocenters. The lowest BCUT2D eigenvalue weighted by Gasteiger charge is -2.11. The van der Waals surface area contributed by atoms with E-state index in [4.69, 9.17) is 5.26 Å². The van der Waals surface area contributed by atoms with Crippen molar-refractivity contribution >= 4 is 22.5 Å². The zero-order valence-corrected chi connectivity index (χ0v) is 13.3. The molecule has 5 heteroatoms. The Labute approximate surface area is 140 Å². The lowest BCUT2D eigenvalue weighted by molar-refractivity contribution is 1.04. The standard InChI is InChI=1S/C19H17N5/c1-14-11-18(16-9-5-6-10-17(16)23-14)24-19(22-13-20)21-12-15-7-3-2-4-8-15/h2-11H,12H2,1H3,(H2,21,22,23,24). The van der Waals surface area contributed by atoms with Gasteiger partial charge in [0.15, 0.2) is 6.19 Å². The van der Waals surface area contributed by atoms with Gasteiger partial charge >= 0.3 is 0 Å². The molecule has 1 aromatic heterocycles. The molecule has 5 nitrogen and oxygen atoms in total. The number of nitrogens with zero attached hydrogens (tertiary/aromatic N) is 3. The van der Waals surface area contributed by atoms with Gasteiger partial charge in [-0.25, -0.2) is 4.99 Å². The van der Waals surface area contributed by atoms with Crippen LogP contribution < -0.4 is 10.6 Å². The summed E-state index contributed by atoms with van der Waals surface area (Å²) in [4.78, 5) is 8.98. The van der Waals surface area contributed by atoms with Crippen LogP contribution in [-0.2, 0) is 6.54 Å². The first-order valence-corrected chi connectivity index (χ1v) is 7.63. The predicted molar refractivity (Wildman–Crippen MR) is 96.4 cm³/mol. The van der Waals surface area contributed by atoms with Gasteiger partial charge in [-0.1, -0.05) is 48.5 Å². The number of aryl methyl sites for hydroxylation is 1. The van der Waals surface area contributed by atoms with E-state index in [1.807, 2.05) is 73.8 Å². The van der Waals surface area contributed by atoms with Gasteiger partial charge in [0, 0.05) is 11.1 Å². The molecule has 2 N–H and O–H groups in total. The molecule has 0 aliphatic heterocycles. The molecule has 0 saturated carbocycles. The molecule has 0 fully saturated rings. The first kappa shape index (κ1) is 15.5. The minimum Gasteiger partial charge on any atom is -0.325 e. The van der Waals surface area contributed by atoms with E-state index < -0.39 is 0 Å². The summed E-state index contributed by atoms with van der Waals surface area (Å²) in [5.41, 5.74) is 3.75. The normalized spacial score (nSPS) is 11.1. The largest absolute Gasteiger partial charge is 0.325 e. The monoisotopic (exact) mass is 315 g/mol. The van der Waals surface area contributed by atoms with Crippen LogP contribution >= 0.6 is 0 Å². The van der Waals surface area contributed by atoms with Crippen molar-refractivity contribution in [1.82, 2.24) is 10.3 Å². The Morgan fingerprint density at radius 1 is 1.12 bits per heavy atom. The zero-order valence-electron chi connectivity index (χ0n) is 13.3. The lowest BCUT2D eigenvalue weighted by Crippen LogP contribution is -2.27. The Balaban J connectivity index is 1.90. The average Bonchev–Trinajstić information content (AvgIpc) is 2.60. The Kier molecular flexibility index (Phi) is 4.68. The van der Waals surface area contributed by atoms with Gasteiger partial charge in [-0.05, 0) is 24.6 Å². The average molecular weight is 315 g/mol. The van der Waals surface area contributed by atoms with Crippen LogP contribution in [0.2, 0.25) is 0 Å². The van der Waals surface area contributed by atoms with Crippen molar-refractivity contribution in [1.29, 1.82) is 5.26 Å². The number of para-hydroxylation sites is 1. The van der Waals surface area contributed by atoms with E-state index in [1.54, 1.807) is 0 Å². The number of anilines is 1. The van der Waals surface area contributed by atoms with Crippen molar-refractivity contribution in [3.8, 4) is 6.19 Å². The second-order valence-corrected chi connectivity index (χ2v) is 5.34. The number of aliphatic imine (C=N–C) groups is 1. The van der Waals surface area contributed by atoms with E-state index in [-0.39, 0.29) is 0 Å². The third-order valence-corrected chi connectivity index (χ3v) is 3.53. The quantitative estimate of drug-likeness (QED) is 0.335. The van der Waals surface area contributed by atoms with Crippen molar-refractivity contribution in [2.75, 3.05) is 5.32 Å². The van der Waals surface area contributed by atoms with Gasteiger partial charge in [0.05, 0.1) is 17.7 Å². The second kappa shape index (κ2) is 7.25. The van der Waals surface area contributed by atoms with Crippen LogP contribution in [0, 0.1) is 18.4 Å².